The molecule has 0 radical (unpaired) electrons. The molecule has 2 amide bonds. The molecule has 2 aromatic carbocycles. The van der Waals surface area contributed by atoms with Crippen molar-refractivity contribution < 1.29 is 9.59 Å². The van der Waals surface area contributed by atoms with Crippen LogP contribution in [0, 0.1) is 30.6 Å². The molecule has 4 heteroatoms. The Kier molecular flexibility index (Phi) is 3.61. The maximum absolute atomic E-state index is 13.3. The largest absolute Gasteiger partial charge is 0.274 e. The number of benzene rings is 2. The molecule has 0 aromatic heterocycles. The number of halogens is 1. The lowest BCUT2D eigenvalue weighted by atomic mass is 9.73. The molecule has 2 aromatic rings. The van der Waals surface area contributed by atoms with Crippen LogP contribution >= 0.6 is 15.9 Å². The predicted molar refractivity (Wildman–Crippen MR) is 104 cm³/mol. The highest BCUT2D eigenvalue weighted by Gasteiger charge is 2.64. The zero-order valence-corrected chi connectivity index (χ0v) is 16.1. The minimum atomic E-state index is -0.143. The second-order valence-electron chi connectivity index (χ2n) is 7.91. The van der Waals surface area contributed by atoms with Crippen molar-refractivity contribution in [3.8, 4) is 0 Å². The van der Waals surface area contributed by atoms with Crippen LogP contribution in [-0.2, 0) is 9.59 Å². The zero-order chi connectivity index (χ0) is 18.0. The molecule has 1 aliphatic heterocycles. The Labute approximate surface area is 161 Å². The monoisotopic (exact) mass is 409 g/mol. The van der Waals surface area contributed by atoms with E-state index in [2.05, 4.69) is 40.2 Å². The summed E-state index contributed by atoms with van der Waals surface area (Å²) < 4.78 is 0.991. The topological polar surface area (TPSA) is 37.4 Å². The molecule has 3 aliphatic rings. The van der Waals surface area contributed by atoms with Gasteiger partial charge in [-0.05, 0) is 66.8 Å². The van der Waals surface area contributed by atoms with Gasteiger partial charge in [0.25, 0.3) is 0 Å². The summed E-state index contributed by atoms with van der Waals surface area (Å²) in [6, 6.07) is 16.2. The van der Waals surface area contributed by atoms with Gasteiger partial charge < -0.3 is 0 Å². The molecule has 5 rings (SSSR count). The molecule has 3 fully saturated rings. The van der Waals surface area contributed by atoms with Gasteiger partial charge in [-0.15, -0.1) is 0 Å². The number of hydrogen-bond donors (Lipinski definition) is 0. The second kappa shape index (κ2) is 5.78. The van der Waals surface area contributed by atoms with Crippen LogP contribution in [0.1, 0.15) is 29.9 Å². The molecule has 0 N–H and O–H groups in total. The third-order valence-corrected chi connectivity index (χ3v) is 7.53. The molecule has 1 heterocycles. The molecule has 0 unspecified atom stereocenters. The van der Waals surface area contributed by atoms with E-state index < -0.39 is 0 Å². The van der Waals surface area contributed by atoms with Crippen LogP contribution < -0.4 is 4.90 Å². The standard InChI is InChI=1S/C22H20BrNO2/c1-12-9-15(7-8-18(12)23)24-21(25)19-14-10-16(13-5-3-2-4-6-13)17(11-14)20(19)22(24)26/h2-9,14,16-17,19-20H,10-11H2,1H3/t14-,16+,17-,19-,20+/m0/s1. The molecule has 0 spiro atoms. The number of aryl methyl sites for hydroxylation is 1. The first kappa shape index (κ1) is 16.2. The Morgan fingerprint density at radius 2 is 1.69 bits per heavy atom. The quantitative estimate of drug-likeness (QED) is 0.674. The number of hydrogen-bond acceptors (Lipinski definition) is 2. The summed E-state index contributed by atoms with van der Waals surface area (Å²) >= 11 is 3.49. The number of rotatable bonds is 2. The minimum Gasteiger partial charge on any atom is -0.274 e. The van der Waals surface area contributed by atoms with Crippen LogP contribution in [0.3, 0.4) is 0 Å². The third kappa shape index (κ3) is 2.18. The van der Waals surface area contributed by atoms with E-state index in [1.807, 2.05) is 31.2 Å². The van der Waals surface area contributed by atoms with E-state index in [-0.39, 0.29) is 23.7 Å². The third-order valence-electron chi connectivity index (χ3n) is 6.64. The maximum Gasteiger partial charge on any atom is 0.237 e. The van der Waals surface area contributed by atoms with Gasteiger partial charge in [0.15, 0.2) is 0 Å². The zero-order valence-electron chi connectivity index (χ0n) is 14.6. The molecule has 2 aliphatic carbocycles. The summed E-state index contributed by atoms with van der Waals surface area (Å²) in [6.45, 7) is 1.98. The highest BCUT2D eigenvalue weighted by molar-refractivity contribution is 9.10. The molecule has 3 nitrogen and oxygen atoms in total. The van der Waals surface area contributed by atoms with Gasteiger partial charge in [-0.2, -0.15) is 0 Å². The molecule has 132 valence electrons. The van der Waals surface area contributed by atoms with Crippen LogP contribution in [0.5, 0.6) is 0 Å². The van der Waals surface area contributed by atoms with Crippen LogP contribution in [0.2, 0.25) is 0 Å². The van der Waals surface area contributed by atoms with Crippen molar-refractivity contribution in [2.45, 2.75) is 25.7 Å². The lowest BCUT2D eigenvalue weighted by molar-refractivity contribution is -0.123. The Morgan fingerprint density at radius 1 is 0.962 bits per heavy atom. The van der Waals surface area contributed by atoms with E-state index in [0.717, 1.165) is 22.9 Å². The van der Waals surface area contributed by atoms with Gasteiger partial charge in [-0.3, -0.25) is 14.5 Å². The van der Waals surface area contributed by atoms with Crippen molar-refractivity contribution >= 4 is 33.4 Å². The van der Waals surface area contributed by atoms with Gasteiger partial charge in [-0.1, -0.05) is 46.3 Å². The average Bonchev–Trinajstić information content (AvgIpc) is 3.30. The van der Waals surface area contributed by atoms with Gasteiger partial charge in [0.05, 0.1) is 17.5 Å². The fourth-order valence-corrected chi connectivity index (χ4v) is 5.81. The first-order valence-corrected chi connectivity index (χ1v) is 10.0. The lowest BCUT2D eigenvalue weighted by Gasteiger charge is -2.28. The number of imide groups is 1. The Morgan fingerprint density at radius 3 is 2.42 bits per heavy atom. The Bertz CT molecular complexity index is 910. The highest BCUT2D eigenvalue weighted by atomic mass is 79.9. The van der Waals surface area contributed by atoms with Crippen molar-refractivity contribution in [2.75, 3.05) is 4.90 Å². The van der Waals surface area contributed by atoms with Crippen molar-refractivity contribution in [1.29, 1.82) is 0 Å². The van der Waals surface area contributed by atoms with Gasteiger partial charge >= 0.3 is 0 Å². The fourth-order valence-electron chi connectivity index (χ4n) is 5.57. The lowest BCUT2D eigenvalue weighted by Crippen LogP contribution is -2.33. The minimum absolute atomic E-state index is 0.00912. The summed E-state index contributed by atoms with van der Waals surface area (Å²) in [7, 11) is 0. The van der Waals surface area contributed by atoms with Gasteiger partial charge in [-0.25, -0.2) is 0 Å². The van der Waals surface area contributed by atoms with E-state index in [0.29, 0.717) is 23.4 Å². The van der Waals surface area contributed by atoms with Gasteiger partial charge in [0, 0.05) is 4.47 Å². The first-order valence-electron chi connectivity index (χ1n) is 9.25. The Balaban J connectivity index is 1.50. The number of fused-ring (bicyclic) bond motifs is 5. The van der Waals surface area contributed by atoms with E-state index >= 15 is 0 Å². The summed E-state index contributed by atoms with van der Waals surface area (Å²) in [5.74, 6) is 0.812. The average molecular weight is 410 g/mol. The summed E-state index contributed by atoms with van der Waals surface area (Å²) in [5, 5.41) is 0. The van der Waals surface area contributed by atoms with Crippen molar-refractivity contribution in [1.82, 2.24) is 0 Å². The van der Waals surface area contributed by atoms with Crippen molar-refractivity contribution in [3.05, 3.63) is 64.1 Å². The molecule has 2 saturated carbocycles. The van der Waals surface area contributed by atoms with Crippen LogP contribution in [0.25, 0.3) is 0 Å². The fraction of sp³-hybridized carbons (Fsp3) is 0.364. The summed E-state index contributed by atoms with van der Waals surface area (Å²) in [4.78, 5) is 27.8. The second-order valence-corrected chi connectivity index (χ2v) is 8.76. The van der Waals surface area contributed by atoms with E-state index in [1.165, 1.54) is 10.5 Å². The van der Waals surface area contributed by atoms with Crippen LogP contribution in [0.15, 0.2) is 53.0 Å². The highest BCUT2D eigenvalue weighted by Crippen LogP contribution is 2.61. The number of amides is 2. The molecular formula is C22H20BrNO2. The molecule has 5 atom stereocenters. The van der Waals surface area contributed by atoms with E-state index in [9.17, 15) is 9.59 Å². The molecule has 26 heavy (non-hydrogen) atoms. The van der Waals surface area contributed by atoms with Crippen molar-refractivity contribution in [3.63, 3.8) is 0 Å². The van der Waals surface area contributed by atoms with Crippen LogP contribution in [0.4, 0.5) is 5.69 Å². The molecule has 1 saturated heterocycles. The van der Waals surface area contributed by atoms with E-state index in [1.54, 1.807) is 0 Å². The molecule has 2 bridgehead atoms. The predicted octanol–water partition coefficient (Wildman–Crippen LogP) is 4.69. The van der Waals surface area contributed by atoms with Gasteiger partial charge in [0.2, 0.25) is 11.8 Å². The number of anilines is 1. The maximum atomic E-state index is 13.3. The normalized spacial score (nSPS) is 32.4. The summed E-state index contributed by atoms with van der Waals surface area (Å²) in [6.07, 6.45) is 2.04. The Hall–Kier alpha value is -1.94. The SMILES string of the molecule is Cc1cc(N2C(=O)[C@@H]3[C@H]4C[C@H](C[C@@H]4c4ccccc4)[C@@H]3C2=O)ccc1Br. The van der Waals surface area contributed by atoms with Gasteiger partial charge in [0.1, 0.15) is 0 Å². The smallest absolute Gasteiger partial charge is 0.237 e. The van der Waals surface area contributed by atoms with Crippen LogP contribution in [-0.4, -0.2) is 11.8 Å². The number of nitrogens with zero attached hydrogens (tertiary/aromatic N) is 1. The van der Waals surface area contributed by atoms with E-state index in [4.69, 9.17) is 0 Å². The number of carbonyl (C=O) groups excluding carboxylic acids is 2. The summed E-state index contributed by atoms with van der Waals surface area (Å²) in [5.41, 5.74) is 3.06. The molecular weight excluding hydrogens is 390 g/mol. The number of carbonyl (C=O) groups is 2. The van der Waals surface area contributed by atoms with Crippen molar-refractivity contribution in [2.24, 2.45) is 23.7 Å². The first-order chi connectivity index (χ1) is 12.6.